The highest BCUT2D eigenvalue weighted by Crippen LogP contribution is 2.13. The Morgan fingerprint density at radius 2 is 2.27 bits per heavy atom. The van der Waals surface area contributed by atoms with Crippen molar-refractivity contribution >= 4 is 16.8 Å². The van der Waals surface area contributed by atoms with Crippen molar-refractivity contribution in [2.75, 3.05) is 13.2 Å². The van der Waals surface area contributed by atoms with Crippen molar-refractivity contribution in [3.05, 3.63) is 46.2 Å². The molecule has 116 valence electrons. The van der Waals surface area contributed by atoms with E-state index in [1.807, 2.05) is 25.1 Å². The van der Waals surface area contributed by atoms with Gasteiger partial charge >= 0.3 is 0 Å². The second kappa shape index (κ2) is 6.32. The summed E-state index contributed by atoms with van der Waals surface area (Å²) in [5.74, 6) is -0.0685. The lowest BCUT2D eigenvalue weighted by Crippen LogP contribution is -2.34. The molecule has 3 rings (SSSR count). The van der Waals surface area contributed by atoms with Crippen LogP contribution in [0.3, 0.4) is 0 Å². The molecular weight excluding hydrogens is 280 g/mol. The SMILES string of the molecule is Cc1ccc2c(c1)c(=O)ccn2CC(=O)NCC1CCCO1. The molecule has 5 heteroatoms. The lowest BCUT2D eigenvalue weighted by Gasteiger charge is -2.13. The van der Waals surface area contributed by atoms with Gasteiger partial charge in [0.25, 0.3) is 0 Å². The first-order valence-electron chi connectivity index (χ1n) is 7.61. The molecule has 1 fully saturated rings. The van der Waals surface area contributed by atoms with Gasteiger partial charge in [-0.3, -0.25) is 9.59 Å². The van der Waals surface area contributed by atoms with Gasteiger partial charge in [0, 0.05) is 30.8 Å². The van der Waals surface area contributed by atoms with E-state index in [4.69, 9.17) is 4.74 Å². The van der Waals surface area contributed by atoms with Crippen LogP contribution in [0.4, 0.5) is 0 Å². The van der Waals surface area contributed by atoms with Crippen molar-refractivity contribution in [1.29, 1.82) is 0 Å². The maximum absolute atomic E-state index is 12.1. The van der Waals surface area contributed by atoms with Gasteiger partial charge in [0.15, 0.2) is 5.43 Å². The molecule has 0 aliphatic carbocycles. The number of pyridine rings is 1. The summed E-state index contributed by atoms with van der Waals surface area (Å²) in [5, 5.41) is 3.55. The van der Waals surface area contributed by atoms with Crippen LogP contribution < -0.4 is 10.7 Å². The lowest BCUT2D eigenvalue weighted by atomic mass is 10.1. The van der Waals surface area contributed by atoms with Crippen LogP contribution >= 0.6 is 0 Å². The van der Waals surface area contributed by atoms with E-state index in [9.17, 15) is 9.59 Å². The molecule has 0 radical (unpaired) electrons. The average molecular weight is 300 g/mol. The fraction of sp³-hybridized carbons (Fsp3) is 0.412. The zero-order valence-corrected chi connectivity index (χ0v) is 12.7. The van der Waals surface area contributed by atoms with Gasteiger partial charge in [0.05, 0.1) is 11.6 Å². The van der Waals surface area contributed by atoms with Gasteiger partial charge in [-0.05, 0) is 31.9 Å². The third kappa shape index (κ3) is 3.20. The third-order valence-corrected chi connectivity index (χ3v) is 4.00. The number of hydrogen-bond acceptors (Lipinski definition) is 3. The van der Waals surface area contributed by atoms with E-state index in [1.165, 1.54) is 6.07 Å². The van der Waals surface area contributed by atoms with Crippen molar-refractivity contribution in [2.24, 2.45) is 0 Å². The fourth-order valence-corrected chi connectivity index (χ4v) is 2.81. The Kier molecular flexibility index (Phi) is 4.24. The molecule has 1 aliphatic heterocycles. The van der Waals surface area contributed by atoms with Crippen LogP contribution in [0.2, 0.25) is 0 Å². The van der Waals surface area contributed by atoms with Crippen LogP contribution in [0.25, 0.3) is 10.9 Å². The normalized spacial score (nSPS) is 17.8. The van der Waals surface area contributed by atoms with E-state index in [0.717, 1.165) is 30.5 Å². The monoisotopic (exact) mass is 300 g/mol. The molecule has 0 bridgehead atoms. The van der Waals surface area contributed by atoms with Gasteiger partial charge in [-0.1, -0.05) is 11.6 Å². The number of aryl methyl sites for hydroxylation is 1. The van der Waals surface area contributed by atoms with Crippen molar-refractivity contribution in [3.63, 3.8) is 0 Å². The van der Waals surface area contributed by atoms with Gasteiger partial charge in [0.2, 0.25) is 5.91 Å². The van der Waals surface area contributed by atoms with Crippen LogP contribution in [0.5, 0.6) is 0 Å². The summed E-state index contributed by atoms with van der Waals surface area (Å²) in [6, 6.07) is 7.20. The number of amides is 1. The Morgan fingerprint density at radius 1 is 1.41 bits per heavy atom. The third-order valence-electron chi connectivity index (χ3n) is 4.00. The summed E-state index contributed by atoms with van der Waals surface area (Å²) in [5.41, 5.74) is 1.80. The average Bonchev–Trinajstić information content (AvgIpc) is 3.02. The Hall–Kier alpha value is -2.14. The largest absolute Gasteiger partial charge is 0.376 e. The first-order valence-corrected chi connectivity index (χ1v) is 7.61. The Labute approximate surface area is 128 Å². The van der Waals surface area contributed by atoms with E-state index >= 15 is 0 Å². The lowest BCUT2D eigenvalue weighted by molar-refractivity contribution is -0.122. The summed E-state index contributed by atoms with van der Waals surface area (Å²) in [4.78, 5) is 24.0. The highest BCUT2D eigenvalue weighted by atomic mass is 16.5. The minimum absolute atomic E-state index is 0.0188. The van der Waals surface area contributed by atoms with Crippen LogP contribution in [-0.4, -0.2) is 29.7 Å². The zero-order valence-electron chi connectivity index (χ0n) is 12.7. The molecule has 1 aromatic carbocycles. The van der Waals surface area contributed by atoms with E-state index in [-0.39, 0.29) is 24.0 Å². The Morgan fingerprint density at radius 3 is 3.05 bits per heavy atom. The molecule has 0 spiro atoms. The number of aromatic nitrogens is 1. The number of carbonyl (C=O) groups is 1. The molecule has 1 saturated heterocycles. The number of fused-ring (bicyclic) bond motifs is 1. The molecule has 1 amide bonds. The van der Waals surface area contributed by atoms with Crippen LogP contribution in [-0.2, 0) is 16.1 Å². The molecule has 1 aromatic heterocycles. The predicted molar refractivity (Wildman–Crippen MR) is 84.9 cm³/mol. The van der Waals surface area contributed by atoms with Gasteiger partial charge in [0.1, 0.15) is 6.54 Å². The van der Waals surface area contributed by atoms with Crippen LogP contribution in [0.15, 0.2) is 35.3 Å². The van der Waals surface area contributed by atoms with Crippen molar-refractivity contribution in [3.8, 4) is 0 Å². The Balaban J connectivity index is 1.74. The summed E-state index contributed by atoms with van der Waals surface area (Å²) >= 11 is 0. The van der Waals surface area contributed by atoms with E-state index < -0.39 is 0 Å². The fourth-order valence-electron chi connectivity index (χ4n) is 2.81. The maximum atomic E-state index is 12.1. The molecule has 1 N–H and O–H groups in total. The van der Waals surface area contributed by atoms with Gasteiger partial charge in [-0.2, -0.15) is 0 Å². The number of hydrogen-bond donors (Lipinski definition) is 1. The second-order valence-corrected chi connectivity index (χ2v) is 5.77. The van der Waals surface area contributed by atoms with Crippen molar-refractivity contribution < 1.29 is 9.53 Å². The van der Waals surface area contributed by atoms with Gasteiger partial charge in [-0.15, -0.1) is 0 Å². The number of carbonyl (C=O) groups excluding carboxylic acids is 1. The molecule has 5 nitrogen and oxygen atoms in total. The molecule has 2 heterocycles. The smallest absolute Gasteiger partial charge is 0.240 e. The molecule has 1 atom stereocenters. The first-order chi connectivity index (χ1) is 10.6. The molecule has 1 aliphatic rings. The molecular formula is C17H20N2O3. The minimum Gasteiger partial charge on any atom is -0.376 e. The molecule has 1 unspecified atom stereocenters. The van der Waals surface area contributed by atoms with E-state index in [1.54, 1.807) is 10.8 Å². The van der Waals surface area contributed by atoms with Gasteiger partial charge in [-0.25, -0.2) is 0 Å². The maximum Gasteiger partial charge on any atom is 0.240 e. The summed E-state index contributed by atoms with van der Waals surface area (Å²) in [6.07, 6.45) is 3.87. The summed E-state index contributed by atoms with van der Waals surface area (Å²) < 4.78 is 7.30. The number of nitrogens with one attached hydrogen (secondary N) is 1. The standard InChI is InChI=1S/C17H20N2O3/c1-12-4-5-15-14(9-12)16(20)6-7-19(15)11-17(21)18-10-13-3-2-8-22-13/h4-7,9,13H,2-3,8,10-11H2,1H3,(H,18,21). The van der Waals surface area contributed by atoms with E-state index in [0.29, 0.717) is 11.9 Å². The molecule has 0 saturated carbocycles. The van der Waals surface area contributed by atoms with E-state index in [2.05, 4.69) is 5.32 Å². The minimum atomic E-state index is -0.0685. The van der Waals surface area contributed by atoms with Crippen LogP contribution in [0.1, 0.15) is 18.4 Å². The predicted octanol–water partition coefficient (Wildman–Crippen LogP) is 1.61. The quantitative estimate of drug-likeness (QED) is 0.933. The van der Waals surface area contributed by atoms with Gasteiger partial charge < -0.3 is 14.6 Å². The summed E-state index contributed by atoms with van der Waals surface area (Å²) in [7, 11) is 0. The second-order valence-electron chi connectivity index (χ2n) is 5.77. The summed E-state index contributed by atoms with van der Waals surface area (Å²) in [6.45, 7) is 3.48. The Bertz CT molecular complexity index is 745. The zero-order chi connectivity index (χ0) is 15.5. The number of ether oxygens (including phenoxy) is 1. The highest BCUT2D eigenvalue weighted by molar-refractivity contribution is 5.82. The number of nitrogens with zero attached hydrogens (tertiary/aromatic N) is 1. The van der Waals surface area contributed by atoms with Crippen LogP contribution in [0, 0.1) is 6.92 Å². The van der Waals surface area contributed by atoms with Crippen molar-refractivity contribution in [1.82, 2.24) is 9.88 Å². The molecule has 22 heavy (non-hydrogen) atoms. The molecule has 2 aromatic rings. The highest BCUT2D eigenvalue weighted by Gasteiger charge is 2.16. The first kappa shape index (κ1) is 14.8. The van der Waals surface area contributed by atoms with Crippen molar-refractivity contribution in [2.45, 2.75) is 32.4 Å². The topological polar surface area (TPSA) is 60.3 Å². The number of rotatable bonds is 4. The number of benzene rings is 1.